The highest BCUT2D eigenvalue weighted by molar-refractivity contribution is 5.78. The summed E-state index contributed by atoms with van der Waals surface area (Å²) in [5.74, 6) is 0. The van der Waals surface area contributed by atoms with Crippen molar-refractivity contribution in [3.8, 4) is 0 Å². The summed E-state index contributed by atoms with van der Waals surface area (Å²) in [5.41, 5.74) is 3.21. The molecule has 0 saturated heterocycles. The molecule has 0 saturated carbocycles. The Hall–Kier alpha value is -1.55. The Labute approximate surface area is 89.3 Å². The van der Waals surface area contributed by atoms with Gasteiger partial charge in [-0.05, 0) is 32.3 Å². The van der Waals surface area contributed by atoms with E-state index in [-0.39, 0.29) is 0 Å². The standard InChI is InChI=1S/C11H16N4/c1-15(2)6-5-12-9-3-4-10-11(7-9)14-8-13-10/h3-4,7-8,12H,5-6H2,1-2H3,(H,13,14). The summed E-state index contributed by atoms with van der Waals surface area (Å²) < 4.78 is 0. The molecule has 2 N–H and O–H groups in total. The number of rotatable bonds is 4. The van der Waals surface area contributed by atoms with Crippen molar-refractivity contribution in [2.75, 3.05) is 32.5 Å². The zero-order chi connectivity index (χ0) is 10.7. The first-order chi connectivity index (χ1) is 7.25. The molecular formula is C11H16N4. The molecule has 80 valence electrons. The second-order valence-corrected chi connectivity index (χ2v) is 3.86. The number of anilines is 1. The average molecular weight is 204 g/mol. The van der Waals surface area contributed by atoms with Crippen molar-refractivity contribution < 1.29 is 0 Å². The Kier molecular flexibility index (Phi) is 2.87. The van der Waals surface area contributed by atoms with Gasteiger partial charge in [0.1, 0.15) is 0 Å². The first-order valence-electron chi connectivity index (χ1n) is 5.07. The number of imidazole rings is 1. The number of likely N-dealkylation sites (N-methyl/N-ethyl adjacent to an activating group) is 1. The molecule has 0 bridgehead atoms. The lowest BCUT2D eigenvalue weighted by atomic mass is 10.3. The minimum Gasteiger partial charge on any atom is -0.384 e. The van der Waals surface area contributed by atoms with Crippen LogP contribution in [-0.4, -0.2) is 42.1 Å². The average Bonchev–Trinajstić information content (AvgIpc) is 2.64. The summed E-state index contributed by atoms with van der Waals surface area (Å²) in [6.07, 6.45) is 1.72. The van der Waals surface area contributed by atoms with E-state index in [0.717, 1.165) is 29.8 Å². The number of aromatic nitrogens is 2. The van der Waals surface area contributed by atoms with E-state index in [9.17, 15) is 0 Å². The fraction of sp³-hybridized carbons (Fsp3) is 0.364. The van der Waals surface area contributed by atoms with Gasteiger partial charge in [0.2, 0.25) is 0 Å². The Bertz CT molecular complexity index is 433. The molecule has 1 heterocycles. The molecule has 0 aliphatic carbocycles. The van der Waals surface area contributed by atoms with E-state index in [1.54, 1.807) is 6.33 Å². The van der Waals surface area contributed by atoms with Crippen LogP contribution in [0.2, 0.25) is 0 Å². The second-order valence-electron chi connectivity index (χ2n) is 3.86. The van der Waals surface area contributed by atoms with E-state index in [1.165, 1.54) is 0 Å². The number of hydrogen-bond donors (Lipinski definition) is 2. The van der Waals surface area contributed by atoms with Crippen molar-refractivity contribution in [3.63, 3.8) is 0 Å². The van der Waals surface area contributed by atoms with Crippen LogP contribution in [0.1, 0.15) is 0 Å². The zero-order valence-corrected chi connectivity index (χ0v) is 9.12. The van der Waals surface area contributed by atoms with Crippen molar-refractivity contribution in [1.82, 2.24) is 14.9 Å². The third-order valence-corrected chi connectivity index (χ3v) is 2.31. The normalized spacial score (nSPS) is 11.1. The molecule has 0 atom stereocenters. The summed E-state index contributed by atoms with van der Waals surface area (Å²) in [6.45, 7) is 1.98. The van der Waals surface area contributed by atoms with Gasteiger partial charge in [-0.15, -0.1) is 0 Å². The van der Waals surface area contributed by atoms with Crippen LogP contribution in [0.25, 0.3) is 11.0 Å². The van der Waals surface area contributed by atoms with Crippen LogP contribution in [0.4, 0.5) is 5.69 Å². The van der Waals surface area contributed by atoms with Gasteiger partial charge in [0.15, 0.2) is 0 Å². The summed E-state index contributed by atoms with van der Waals surface area (Å²) in [7, 11) is 4.14. The highest BCUT2D eigenvalue weighted by Crippen LogP contribution is 2.14. The maximum Gasteiger partial charge on any atom is 0.0931 e. The Morgan fingerprint density at radius 3 is 3.07 bits per heavy atom. The molecule has 15 heavy (non-hydrogen) atoms. The Morgan fingerprint density at radius 2 is 2.27 bits per heavy atom. The molecule has 0 fully saturated rings. The third kappa shape index (κ3) is 2.47. The highest BCUT2D eigenvalue weighted by atomic mass is 15.1. The number of fused-ring (bicyclic) bond motifs is 1. The largest absolute Gasteiger partial charge is 0.384 e. The Balaban J connectivity index is 2.02. The Morgan fingerprint density at radius 1 is 1.40 bits per heavy atom. The van der Waals surface area contributed by atoms with E-state index in [0.29, 0.717) is 0 Å². The number of nitrogens with zero attached hydrogens (tertiary/aromatic N) is 2. The predicted octanol–water partition coefficient (Wildman–Crippen LogP) is 1.54. The van der Waals surface area contributed by atoms with Gasteiger partial charge < -0.3 is 15.2 Å². The smallest absolute Gasteiger partial charge is 0.0931 e. The van der Waals surface area contributed by atoms with Gasteiger partial charge in [-0.1, -0.05) is 0 Å². The van der Waals surface area contributed by atoms with Crippen LogP contribution in [-0.2, 0) is 0 Å². The number of hydrogen-bond acceptors (Lipinski definition) is 3. The lowest BCUT2D eigenvalue weighted by Gasteiger charge is -2.11. The van der Waals surface area contributed by atoms with Crippen LogP contribution in [0, 0.1) is 0 Å². The van der Waals surface area contributed by atoms with E-state index in [1.807, 2.05) is 6.07 Å². The maximum atomic E-state index is 4.18. The predicted molar refractivity (Wildman–Crippen MR) is 63.1 cm³/mol. The van der Waals surface area contributed by atoms with Gasteiger partial charge in [-0.2, -0.15) is 0 Å². The van der Waals surface area contributed by atoms with E-state index < -0.39 is 0 Å². The van der Waals surface area contributed by atoms with E-state index in [2.05, 4.69) is 46.4 Å². The fourth-order valence-corrected chi connectivity index (χ4v) is 1.47. The molecule has 4 heteroatoms. The second kappa shape index (κ2) is 4.31. The molecule has 1 aromatic carbocycles. The van der Waals surface area contributed by atoms with Crippen molar-refractivity contribution in [2.24, 2.45) is 0 Å². The monoisotopic (exact) mass is 204 g/mol. The molecular weight excluding hydrogens is 188 g/mol. The lowest BCUT2D eigenvalue weighted by Crippen LogP contribution is -2.20. The first-order valence-corrected chi connectivity index (χ1v) is 5.07. The van der Waals surface area contributed by atoms with Gasteiger partial charge in [0.05, 0.1) is 17.4 Å². The van der Waals surface area contributed by atoms with Gasteiger partial charge in [-0.3, -0.25) is 0 Å². The van der Waals surface area contributed by atoms with Crippen molar-refractivity contribution >= 4 is 16.7 Å². The van der Waals surface area contributed by atoms with Crippen LogP contribution in [0.5, 0.6) is 0 Å². The molecule has 0 aliphatic heterocycles. The lowest BCUT2D eigenvalue weighted by molar-refractivity contribution is 0.425. The van der Waals surface area contributed by atoms with Crippen LogP contribution in [0.3, 0.4) is 0 Å². The molecule has 2 rings (SSSR count). The topological polar surface area (TPSA) is 44.0 Å². The highest BCUT2D eigenvalue weighted by Gasteiger charge is 1.97. The van der Waals surface area contributed by atoms with Crippen LogP contribution >= 0.6 is 0 Å². The van der Waals surface area contributed by atoms with Crippen molar-refractivity contribution in [2.45, 2.75) is 0 Å². The van der Waals surface area contributed by atoms with E-state index in [4.69, 9.17) is 0 Å². The van der Waals surface area contributed by atoms with Crippen molar-refractivity contribution in [1.29, 1.82) is 0 Å². The molecule has 2 aromatic rings. The van der Waals surface area contributed by atoms with Gasteiger partial charge in [0, 0.05) is 18.8 Å². The number of H-pyrrole nitrogens is 1. The van der Waals surface area contributed by atoms with Gasteiger partial charge in [-0.25, -0.2) is 4.98 Å². The molecule has 0 unspecified atom stereocenters. The molecule has 0 aliphatic rings. The van der Waals surface area contributed by atoms with Crippen molar-refractivity contribution in [3.05, 3.63) is 24.5 Å². The van der Waals surface area contributed by atoms with Crippen LogP contribution < -0.4 is 5.32 Å². The van der Waals surface area contributed by atoms with Gasteiger partial charge in [0.25, 0.3) is 0 Å². The molecule has 1 aromatic heterocycles. The number of nitrogens with one attached hydrogen (secondary N) is 2. The summed E-state index contributed by atoms with van der Waals surface area (Å²) in [4.78, 5) is 9.43. The third-order valence-electron chi connectivity index (χ3n) is 2.31. The quantitative estimate of drug-likeness (QED) is 0.794. The minimum atomic E-state index is 0.951. The summed E-state index contributed by atoms with van der Waals surface area (Å²) in [5, 5.41) is 3.37. The molecule has 0 spiro atoms. The molecule has 0 amide bonds. The maximum absolute atomic E-state index is 4.18. The van der Waals surface area contributed by atoms with E-state index >= 15 is 0 Å². The SMILES string of the molecule is CN(C)CCNc1ccc2nc[nH]c2c1. The summed E-state index contributed by atoms with van der Waals surface area (Å²) in [6, 6.07) is 6.15. The van der Waals surface area contributed by atoms with Crippen LogP contribution in [0.15, 0.2) is 24.5 Å². The first kappa shape index (κ1) is 9.98. The number of benzene rings is 1. The fourth-order valence-electron chi connectivity index (χ4n) is 1.47. The number of aromatic amines is 1. The summed E-state index contributed by atoms with van der Waals surface area (Å²) >= 11 is 0. The molecule has 4 nitrogen and oxygen atoms in total. The zero-order valence-electron chi connectivity index (χ0n) is 9.12. The minimum absolute atomic E-state index is 0.951. The van der Waals surface area contributed by atoms with Gasteiger partial charge >= 0.3 is 0 Å². The molecule has 0 radical (unpaired) electrons.